The molecule has 0 aromatic heterocycles. The van der Waals surface area contributed by atoms with Crippen molar-refractivity contribution >= 4 is 0 Å². The number of ether oxygens (including phenoxy) is 2. The Bertz CT molecular complexity index is 300. The van der Waals surface area contributed by atoms with Crippen LogP contribution in [-0.4, -0.2) is 20.3 Å². The lowest BCUT2D eigenvalue weighted by molar-refractivity contribution is 0.145. The van der Waals surface area contributed by atoms with E-state index in [9.17, 15) is 0 Å². The van der Waals surface area contributed by atoms with E-state index in [0.29, 0.717) is 13.2 Å². The molecule has 1 aromatic rings. The molecular weight excluding hydrogens is 188 g/mol. The minimum absolute atomic E-state index is 0.115. The summed E-state index contributed by atoms with van der Waals surface area (Å²) in [7, 11) is 1.68. The first kappa shape index (κ1) is 12.1. The number of benzene rings is 1. The van der Waals surface area contributed by atoms with Gasteiger partial charge >= 0.3 is 0 Å². The molecule has 0 aliphatic heterocycles. The molecule has 0 aliphatic carbocycles. The largest absolute Gasteiger partial charge is 0.491 e. The number of rotatable bonds is 4. The van der Waals surface area contributed by atoms with E-state index in [1.165, 1.54) is 5.56 Å². The molecule has 0 spiro atoms. The van der Waals surface area contributed by atoms with Crippen molar-refractivity contribution < 1.29 is 9.47 Å². The van der Waals surface area contributed by atoms with Gasteiger partial charge in [-0.15, -0.1) is 0 Å². The van der Waals surface area contributed by atoms with E-state index in [-0.39, 0.29) is 5.41 Å². The summed E-state index contributed by atoms with van der Waals surface area (Å²) in [5.41, 5.74) is 1.35. The smallest absolute Gasteiger partial charge is 0.123 e. The maximum atomic E-state index is 5.68. The number of hydrogen-bond donors (Lipinski definition) is 0. The quantitative estimate of drug-likeness (QED) is 0.708. The van der Waals surface area contributed by atoms with Gasteiger partial charge in [-0.05, 0) is 17.0 Å². The molecular formula is C13H20O2. The summed E-state index contributed by atoms with van der Waals surface area (Å²) in [5, 5.41) is 0. The van der Waals surface area contributed by atoms with Crippen molar-refractivity contribution in [3.05, 3.63) is 29.8 Å². The van der Waals surface area contributed by atoms with Crippen LogP contribution in [0.2, 0.25) is 0 Å². The van der Waals surface area contributed by atoms with Crippen LogP contribution in [-0.2, 0) is 10.2 Å². The topological polar surface area (TPSA) is 18.5 Å². The van der Waals surface area contributed by atoms with Crippen molar-refractivity contribution in [2.24, 2.45) is 0 Å². The summed E-state index contributed by atoms with van der Waals surface area (Å²) in [5.74, 6) is 0.960. The van der Waals surface area contributed by atoms with Gasteiger partial charge in [0.25, 0.3) is 0 Å². The van der Waals surface area contributed by atoms with Gasteiger partial charge < -0.3 is 9.47 Å². The fraction of sp³-hybridized carbons (Fsp3) is 0.538. The Balaban J connectivity index is 2.78. The Morgan fingerprint density at radius 2 is 1.73 bits per heavy atom. The first-order valence-corrected chi connectivity index (χ1v) is 5.27. The average molecular weight is 208 g/mol. The van der Waals surface area contributed by atoms with Crippen LogP contribution in [0.15, 0.2) is 24.3 Å². The van der Waals surface area contributed by atoms with E-state index >= 15 is 0 Å². The summed E-state index contributed by atoms with van der Waals surface area (Å²) >= 11 is 0. The lowest BCUT2D eigenvalue weighted by atomic mass is 9.86. The monoisotopic (exact) mass is 208 g/mol. The molecule has 1 aromatic carbocycles. The van der Waals surface area contributed by atoms with Gasteiger partial charge in [-0.3, -0.25) is 0 Å². The van der Waals surface area contributed by atoms with Crippen molar-refractivity contribution in [2.75, 3.05) is 20.3 Å². The molecule has 0 radical (unpaired) electrons. The predicted octanol–water partition coefficient (Wildman–Crippen LogP) is 3.01. The van der Waals surface area contributed by atoms with Crippen LogP contribution >= 0.6 is 0 Å². The zero-order valence-electron chi connectivity index (χ0n) is 10.0. The van der Waals surface area contributed by atoms with E-state index in [1.54, 1.807) is 7.11 Å². The van der Waals surface area contributed by atoms with Gasteiger partial charge in [0.2, 0.25) is 0 Å². The average Bonchev–Trinajstić information content (AvgIpc) is 2.17. The predicted molar refractivity (Wildman–Crippen MR) is 62.5 cm³/mol. The molecule has 2 heteroatoms. The van der Waals surface area contributed by atoms with Crippen LogP contribution in [0.25, 0.3) is 0 Å². The van der Waals surface area contributed by atoms with Gasteiger partial charge in [0.1, 0.15) is 12.4 Å². The Morgan fingerprint density at radius 1 is 1.07 bits per heavy atom. The molecule has 0 fully saturated rings. The van der Waals surface area contributed by atoms with Crippen LogP contribution in [0, 0.1) is 0 Å². The van der Waals surface area contributed by atoms with Crippen LogP contribution in [0.1, 0.15) is 26.3 Å². The molecule has 0 saturated carbocycles. The van der Waals surface area contributed by atoms with Gasteiger partial charge in [-0.2, -0.15) is 0 Å². The van der Waals surface area contributed by atoms with Crippen LogP contribution in [0.3, 0.4) is 0 Å². The highest BCUT2D eigenvalue weighted by Gasteiger charge is 2.17. The molecule has 84 valence electrons. The van der Waals surface area contributed by atoms with E-state index in [4.69, 9.17) is 9.47 Å². The van der Waals surface area contributed by atoms with Crippen molar-refractivity contribution in [1.82, 2.24) is 0 Å². The minimum atomic E-state index is 0.115. The summed E-state index contributed by atoms with van der Waals surface area (Å²) in [6.07, 6.45) is 0. The molecule has 0 amide bonds. The standard InChI is InChI=1S/C13H20O2/c1-13(2,3)11-7-5-6-8-12(11)15-10-9-14-4/h5-8H,9-10H2,1-4H3. The summed E-state index contributed by atoms with van der Waals surface area (Å²) in [4.78, 5) is 0. The third-order valence-corrected chi connectivity index (χ3v) is 2.24. The molecule has 2 nitrogen and oxygen atoms in total. The highest BCUT2D eigenvalue weighted by atomic mass is 16.5. The molecule has 0 N–H and O–H groups in total. The van der Waals surface area contributed by atoms with Crippen LogP contribution in [0.5, 0.6) is 5.75 Å². The minimum Gasteiger partial charge on any atom is -0.491 e. The first-order valence-electron chi connectivity index (χ1n) is 5.27. The third-order valence-electron chi connectivity index (χ3n) is 2.24. The van der Waals surface area contributed by atoms with Crippen molar-refractivity contribution in [3.63, 3.8) is 0 Å². The summed E-state index contributed by atoms with van der Waals surface area (Å²) < 4.78 is 10.6. The third kappa shape index (κ3) is 3.56. The van der Waals surface area contributed by atoms with Gasteiger partial charge in [-0.1, -0.05) is 39.0 Å². The molecule has 15 heavy (non-hydrogen) atoms. The van der Waals surface area contributed by atoms with Crippen molar-refractivity contribution in [1.29, 1.82) is 0 Å². The molecule has 0 bridgehead atoms. The zero-order chi connectivity index (χ0) is 11.3. The lowest BCUT2D eigenvalue weighted by Gasteiger charge is -2.22. The fourth-order valence-corrected chi connectivity index (χ4v) is 1.45. The van der Waals surface area contributed by atoms with E-state index < -0.39 is 0 Å². The molecule has 0 aliphatic rings. The maximum Gasteiger partial charge on any atom is 0.123 e. The highest BCUT2D eigenvalue weighted by Crippen LogP contribution is 2.30. The Hall–Kier alpha value is -1.02. The van der Waals surface area contributed by atoms with Crippen LogP contribution in [0.4, 0.5) is 0 Å². The van der Waals surface area contributed by atoms with Gasteiger partial charge in [0.15, 0.2) is 0 Å². The Kier molecular flexibility index (Phi) is 4.15. The summed E-state index contributed by atoms with van der Waals surface area (Å²) in [6, 6.07) is 8.17. The number of hydrogen-bond acceptors (Lipinski definition) is 2. The lowest BCUT2D eigenvalue weighted by Crippen LogP contribution is -2.14. The normalized spacial score (nSPS) is 11.5. The number of methoxy groups -OCH3 is 1. The second-order valence-electron chi connectivity index (χ2n) is 4.59. The van der Waals surface area contributed by atoms with E-state index in [1.807, 2.05) is 18.2 Å². The van der Waals surface area contributed by atoms with Crippen molar-refractivity contribution in [2.45, 2.75) is 26.2 Å². The SMILES string of the molecule is COCCOc1ccccc1C(C)(C)C. The van der Waals surface area contributed by atoms with E-state index in [2.05, 4.69) is 26.8 Å². The second kappa shape index (κ2) is 5.17. The zero-order valence-corrected chi connectivity index (χ0v) is 10.0. The summed E-state index contributed by atoms with van der Waals surface area (Å²) in [6.45, 7) is 7.78. The van der Waals surface area contributed by atoms with Crippen molar-refractivity contribution in [3.8, 4) is 5.75 Å². The molecule has 0 saturated heterocycles. The van der Waals surface area contributed by atoms with Gasteiger partial charge in [0.05, 0.1) is 6.61 Å². The molecule has 1 rings (SSSR count). The van der Waals surface area contributed by atoms with Gasteiger partial charge in [0, 0.05) is 7.11 Å². The first-order chi connectivity index (χ1) is 7.05. The molecule has 0 heterocycles. The number of para-hydroxylation sites is 1. The second-order valence-corrected chi connectivity index (χ2v) is 4.59. The maximum absolute atomic E-state index is 5.68. The molecule has 0 atom stereocenters. The van der Waals surface area contributed by atoms with Gasteiger partial charge in [-0.25, -0.2) is 0 Å². The Morgan fingerprint density at radius 3 is 2.33 bits per heavy atom. The van der Waals surface area contributed by atoms with E-state index in [0.717, 1.165) is 5.75 Å². The Labute approximate surface area is 92.2 Å². The highest BCUT2D eigenvalue weighted by molar-refractivity contribution is 5.38. The fourth-order valence-electron chi connectivity index (χ4n) is 1.45. The van der Waals surface area contributed by atoms with Crippen LogP contribution < -0.4 is 4.74 Å². The molecule has 0 unspecified atom stereocenters.